The molecule has 0 unspecified atom stereocenters. The largest absolute Gasteiger partial charge is 0.406 e. The molecule has 0 atom stereocenters. The van der Waals surface area contributed by atoms with Crippen LogP contribution in [0.2, 0.25) is 10.3 Å². The maximum atomic E-state index is 13.3. The third-order valence-electron chi connectivity index (χ3n) is 5.72. The molecule has 1 amide bonds. The summed E-state index contributed by atoms with van der Waals surface area (Å²) in [6.07, 6.45) is -3.49. The minimum atomic E-state index is -4.60. The number of amides is 1. The van der Waals surface area contributed by atoms with Gasteiger partial charge in [-0.15, -0.1) is 0 Å². The van der Waals surface area contributed by atoms with Crippen LogP contribution in [0.5, 0.6) is 0 Å². The highest BCUT2D eigenvalue weighted by Crippen LogP contribution is 2.31. The molecule has 0 saturated carbocycles. The number of rotatable bonds is 6. The number of nitrogens with zero attached hydrogens (tertiary/aromatic N) is 5. The number of hydrogen-bond donors (Lipinski definition) is 1. The molecule has 194 valence electrons. The summed E-state index contributed by atoms with van der Waals surface area (Å²) >= 11 is 12.2. The quantitative estimate of drug-likeness (QED) is 0.349. The van der Waals surface area contributed by atoms with Crippen LogP contribution in [0.3, 0.4) is 0 Å². The lowest BCUT2D eigenvalue weighted by Gasteiger charge is -2.24. The molecule has 4 rings (SSSR count). The molecule has 8 nitrogen and oxygen atoms in total. The van der Waals surface area contributed by atoms with Crippen molar-refractivity contribution in [3.63, 3.8) is 0 Å². The molecular weight excluding hydrogens is 534 g/mol. The van der Waals surface area contributed by atoms with E-state index in [1.165, 1.54) is 15.5 Å². The monoisotopic (exact) mass is 553 g/mol. The molecule has 1 N–H and O–H groups in total. The first kappa shape index (κ1) is 26.6. The van der Waals surface area contributed by atoms with Crippen molar-refractivity contribution in [3.8, 4) is 5.69 Å². The van der Waals surface area contributed by atoms with E-state index in [9.17, 15) is 27.9 Å². The first-order valence-electron chi connectivity index (χ1n) is 10.9. The van der Waals surface area contributed by atoms with E-state index in [0.29, 0.717) is 32.6 Å². The molecule has 0 saturated heterocycles. The summed E-state index contributed by atoms with van der Waals surface area (Å²) in [5.41, 5.74) is 1.18. The fourth-order valence-corrected chi connectivity index (χ4v) is 4.78. The van der Waals surface area contributed by atoms with E-state index in [1.807, 2.05) is 0 Å². The van der Waals surface area contributed by atoms with E-state index < -0.39 is 24.3 Å². The number of aliphatic hydroxyl groups is 1. The van der Waals surface area contributed by atoms with Crippen LogP contribution in [-0.4, -0.2) is 49.4 Å². The van der Waals surface area contributed by atoms with Gasteiger partial charge in [0.1, 0.15) is 28.7 Å². The van der Waals surface area contributed by atoms with E-state index in [4.69, 9.17) is 23.2 Å². The SMILES string of the molecule is Cc1cc(N(CCO)C(=O)c2c(Cl)ncnc2Cl)cc(C)c1-n1c(=O)n(CC(F)(F)F)c2ccccc21. The van der Waals surface area contributed by atoms with E-state index >= 15 is 0 Å². The van der Waals surface area contributed by atoms with E-state index in [0.717, 1.165) is 6.33 Å². The van der Waals surface area contributed by atoms with E-state index in [1.54, 1.807) is 44.2 Å². The maximum absolute atomic E-state index is 13.3. The summed E-state index contributed by atoms with van der Waals surface area (Å²) in [7, 11) is 0. The van der Waals surface area contributed by atoms with Crippen LogP contribution in [0.25, 0.3) is 16.7 Å². The van der Waals surface area contributed by atoms with Gasteiger partial charge < -0.3 is 10.0 Å². The fraction of sp³-hybridized carbons (Fsp3) is 0.250. The Balaban J connectivity index is 1.88. The Kier molecular flexibility index (Phi) is 7.31. The second kappa shape index (κ2) is 10.2. The van der Waals surface area contributed by atoms with Gasteiger partial charge in [-0.1, -0.05) is 35.3 Å². The number of aliphatic hydroxyl groups excluding tert-OH is 1. The average Bonchev–Trinajstić information content (AvgIpc) is 3.07. The van der Waals surface area contributed by atoms with Gasteiger partial charge in [-0.25, -0.2) is 14.8 Å². The number of fused-ring (bicyclic) bond motifs is 1. The van der Waals surface area contributed by atoms with Crippen molar-refractivity contribution in [2.75, 3.05) is 18.1 Å². The van der Waals surface area contributed by atoms with Crippen LogP contribution in [0, 0.1) is 13.8 Å². The standard InChI is InChI=1S/C24H20Cl2F3N5O3/c1-13-9-15(32(7-8-35)22(36)18-20(25)30-12-31-21(18)26)10-14(2)19(13)34-17-6-4-3-5-16(17)33(23(34)37)11-24(27,28)29/h3-6,9-10,12,35H,7-8,11H2,1-2H3. The number of alkyl halides is 3. The predicted octanol–water partition coefficient (Wildman–Crippen LogP) is 4.71. The van der Waals surface area contributed by atoms with Gasteiger partial charge >= 0.3 is 11.9 Å². The van der Waals surface area contributed by atoms with Gasteiger partial charge in [0.15, 0.2) is 0 Å². The van der Waals surface area contributed by atoms with Crippen LogP contribution in [0.1, 0.15) is 21.5 Å². The lowest BCUT2D eigenvalue weighted by atomic mass is 10.1. The number of aromatic nitrogens is 4. The number of hydrogen-bond acceptors (Lipinski definition) is 5. The third-order valence-corrected chi connectivity index (χ3v) is 6.29. The molecule has 0 bridgehead atoms. The Morgan fingerprint density at radius 2 is 1.62 bits per heavy atom. The van der Waals surface area contributed by atoms with Crippen molar-refractivity contribution in [3.05, 3.63) is 80.2 Å². The molecule has 4 aromatic rings. The third kappa shape index (κ3) is 5.07. The minimum absolute atomic E-state index is 0.122. The van der Waals surface area contributed by atoms with Crippen LogP contribution in [-0.2, 0) is 6.54 Å². The normalized spacial score (nSPS) is 11.8. The van der Waals surface area contributed by atoms with Crippen molar-refractivity contribution >= 4 is 45.8 Å². The first-order chi connectivity index (χ1) is 17.4. The Labute approximate surface area is 218 Å². The van der Waals surface area contributed by atoms with Crippen molar-refractivity contribution in [2.24, 2.45) is 0 Å². The van der Waals surface area contributed by atoms with Gasteiger partial charge in [0.2, 0.25) is 0 Å². The number of carbonyl (C=O) groups excluding carboxylic acids is 1. The lowest BCUT2D eigenvalue weighted by Crippen LogP contribution is -2.34. The zero-order valence-corrected chi connectivity index (χ0v) is 21.1. The highest BCUT2D eigenvalue weighted by Gasteiger charge is 2.31. The number of halogens is 5. The maximum Gasteiger partial charge on any atom is 0.406 e. The highest BCUT2D eigenvalue weighted by molar-refractivity contribution is 6.39. The Morgan fingerprint density at radius 1 is 1.05 bits per heavy atom. The molecular formula is C24H20Cl2F3N5O3. The summed E-state index contributed by atoms with van der Waals surface area (Å²) < 4.78 is 41.7. The second-order valence-corrected chi connectivity index (χ2v) is 8.96. The Bertz CT molecular complexity index is 1520. The Hall–Kier alpha value is -3.41. The Morgan fingerprint density at radius 3 is 2.16 bits per heavy atom. The average molecular weight is 554 g/mol. The first-order valence-corrected chi connectivity index (χ1v) is 11.7. The van der Waals surface area contributed by atoms with Crippen molar-refractivity contribution in [2.45, 2.75) is 26.6 Å². The smallest absolute Gasteiger partial charge is 0.395 e. The van der Waals surface area contributed by atoms with Crippen LogP contribution >= 0.6 is 23.2 Å². The molecule has 0 aliphatic carbocycles. The zero-order valence-electron chi connectivity index (χ0n) is 19.6. The molecule has 0 aliphatic heterocycles. The van der Waals surface area contributed by atoms with Gasteiger partial charge in [-0.2, -0.15) is 13.2 Å². The summed E-state index contributed by atoms with van der Waals surface area (Å²) in [5, 5.41) is 9.29. The van der Waals surface area contributed by atoms with Gasteiger partial charge in [0.05, 0.1) is 23.3 Å². The molecule has 2 heterocycles. The molecule has 13 heteroatoms. The predicted molar refractivity (Wildman–Crippen MR) is 134 cm³/mol. The minimum Gasteiger partial charge on any atom is -0.395 e. The van der Waals surface area contributed by atoms with Gasteiger partial charge in [-0.3, -0.25) is 13.9 Å². The molecule has 2 aromatic heterocycles. The zero-order chi connectivity index (χ0) is 27.1. The number of benzene rings is 2. The number of carbonyl (C=O) groups is 1. The summed E-state index contributed by atoms with van der Waals surface area (Å²) in [4.78, 5) is 35.4. The molecule has 0 aliphatic rings. The number of aryl methyl sites for hydroxylation is 2. The second-order valence-electron chi connectivity index (χ2n) is 8.25. The molecule has 0 radical (unpaired) electrons. The summed E-state index contributed by atoms with van der Waals surface area (Å²) in [5.74, 6) is -0.657. The molecule has 37 heavy (non-hydrogen) atoms. The highest BCUT2D eigenvalue weighted by atomic mass is 35.5. The molecule has 0 spiro atoms. The number of para-hydroxylation sites is 2. The van der Waals surface area contributed by atoms with Gasteiger partial charge in [0, 0.05) is 12.2 Å². The number of anilines is 1. The molecule has 0 fully saturated rings. The van der Waals surface area contributed by atoms with Crippen LogP contribution < -0.4 is 10.6 Å². The van der Waals surface area contributed by atoms with Crippen LogP contribution in [0.4, 0.5) is 18.9 Å². The molecule has 2 aromatic carbocycles. The van der Waals surface area contributed by atoms with Gasteiger partial charge in [-0.05, 0) is 49.2 Å². The van der Waals surface area contributed by atoms with Crippen molar-refractivity contribution < 1.29 is 23.1 Å². The van der Waals surface area contributed by atoms with Crippen LogP contribution in [0.15, 0.2) is 47.5 Å². The van der Waals surface area contributed by atoms with E-state index in [2.05, 4.69) is 9.97 Å². The number of imidazole rings is 1. The van der Waals surface area contributed by atoms with E-state index in [-0.39, 0.29) is 34.5 Å². The summed E-state index contributed by atoms with van der Waals surface area (Å²) in [6, 6.07) is 9.39. The van der Waals surface area contributed by atoms with Crippen molar-refractivity contribution in [1.82, 2.24) is 19.1 Å². The summed E-state index contributed by atoms with van der Waals surface area (Å²) in [6.45, 7) is 1.39. The fourth-order valence-electron chi connectivity index (χ4n) is 4.30. The van der Waals surface area contributed by atoms with Gasteiger partial charge in [0.25, 0.3) is 5.91 Å². The van der Waals surface area contributed by atoms with Crippen molar-refractivity contribution in [1.29, 1.82) is 0 Å². The lowest BCUT2D eigenvalue weighted by molar-refractivity contribution is -0.140. The topological polar surface area (TPSA) is 93.2 Å².